The maximum Gasteiger partial charge on any atom is 0.244 e. The van der Waals surface area contributed by atoms with E-state index in [9.17, 15) is 13.6 Å². The summed E-state index contributed by atoms with van der Waals surface area (Å²) in [4.78, 5) is 4.23. The van der Waals surface area contributed by atoms with Gasteiger partial charge in [-0.3, -0.25) is 0 Å². The number of imidazole rings is 1. The normalized spacial score (nSPS) is 12.8. The Morgan fingerprint density at radius 2 is 1.84 bits per heavy atom. The number of nitrogens with two attached hydrogens (primary N) is 1. The third-order valence-corrected chi connectivity index (χ3v) is 6.00. The van der Waals surface area contributed by atoms with Crippen LogP contribution in [0.4, 0.5) is 5.95 Å². The molecule has 0 fully saturated rings. The predicted octanol–water partition coefficient (Wildman–Crippen LogP) is 2.43. The zero-order chi connectivity index (χ0) is 18.2. The van der Waals surface area contributed by atoms with Gasteiger partial charge in [0.2, 0.25) is 16.0 Å². The molecule has 8 heteroatoms. The number of para-hydroxylation sites is 1. The molecule has 0 amide bonds. The van der Waals surface area contributed by atoms with Gasteiger partial charge in [0.25, 0.3) is 0 Å². The molecule has 130 valence electrons. The van der Waals surface area contributed by atoms with Crippen LogP contribution in [0.25, 0.3) is 11.0 Å². The first-order chi connectivity index (χ1) is 11.9. The number of aromatic nitrogens is 2. The maximum absolute atomic E-state index is 12.6. The van der Waals surface area contributed by atoms with Crippen molar-refractivity contribution in [3.05, 3.63) is 59.7 Å². The lowest BCUT2D eigenvalue weighted by atomic mass is 10.0. The van der Waals surface area contributed by atoms with E-state index in [0.29, 0.717) is 22.2 Å². The topological polar surface area (TPSA) is 111 Å². The quantitative estimate of drug-likeness (QED) is 0.423. The van der Waals surface area contributed by atoms with Crippen LogP contribution in [-0.2, 0) is 10.0 Å². The molecule has 0 atom stereocenters. The van der Waals surface area contributed by atoms with Gasteiger partial charge < -0.3 is 10.9 Å². The van der Waals surface area contributed by atoms with Crippen molar-refractivity contribution in [2.75, 3.05) is 5.73 Å². The highest BCUT2D eigenvalue weighted by Gasteiger charge is 2.26. The highest BCUT2D eigenvalue weighted by atomic mass is 32.2. The molecule has 3 rings (SSSR count). The van der Waals surface area contributed by atoms with Gasteiger partial charge in [0.05, 0.1) is 10.8 Å². The number of anilines is 1. The molecule has 0 bridgehead atoms. The Hall–Kier alpha value is -2.87. The Balaban J connectivity index is 2.30. The third-order valence-electron chi connectivity index (χ3n) is 3.92. The average molecular weight is 358 g/mol. The summed E-state index contributed by atoms with van der Waals surface area (Å²) in [5.74, 6) is -0.124. The van der Waals surface area contributed by atoms with Crippen molar-refractivity contribution in [1.29, 1.82) is 0 Å². The van der Waals surface area contributed by atoms with Crippen LogP contribution in [0.15, 0.2) is 53.7 Å². The van der Waals surface area contributed by atoms with Crippen LogP contribution in [0, 0.1) is 0 Å². The van der Waals surface area contributed by atoms with Crippen LogP contribution < -0.4 is 5.73 Å². The zero-order valence-electron chi connectivity index (χ0n) is 13.8. The van der Waals surface area contributed by atoms with Gasteiger partial charge in [-0.25, -0.2) is 17.4 Å². The molecule has 1 heterocycles. The first kappa shape index (κ1) is 17.0. The van der Waals surface area contributed by atoms with E-state index in [1.165, 1.54) is 0 Å². The van der Waals surface area contributed by atoms with Crippen molar-refractivity contribution in [3.8, 4) is 0 Å². The Morgan fingerprint density at radius 3 is 2.44 bits per heavy atom. The maximum atomic E-state index is 12.6. The molecule has 0 spiro atoms. The summed E-state index contributed by atoms with van der Waals surface area (Å²) in [6, 6.07) is 14.1. The second-order valence-corrected chi connectivity index (χ2v) is 8.15. The number of hydrogen-bond acceptors (Lipinski definition) is 6. The first-order valence-electron chi connectivity index (χ1n) is 7.67. The molecule has 3 aromatic rings. The van der Waals surface area contributed by atoms with E-state index < -0.39 is 15.3 Å². The standard InChI is InChI=1S/C17H18N4O3S/c1-11(2)25(23,24)21-14-10-6-9-13(16(14)19-17(21)18)15(20-22)12-7-4-3-5-8-12/h3-11,22H,1-2H3,(H2,18,19). The fourth-order valence-electron chi connectivity index (χ4n) is 2.63. The number of nitrogen functional groups attached to an aromatic ring is 1. The van der Waals surface area contributed by atoms with Crippen molar-refractivity contribution in [3.63, 3.8) is 0 Å². The fraction of sp³-hybridized carbons (Fsp3) is 0.176. The van der Waals surface area contributed by atoms with Gasteiger partial charge in [-0.2, -0.15) is 0 Å². The summed E-state index contributed by atoms with van der Waals surface area (Å²) in [7, 11) is -3.68. The van der Waals surface area contributed by atoms with Gasteiger partial charge in [0.15, 0.2) is 0 Å². The van der Waals surface area contributed by atoms with E-state index in [1.54, 1.807) is 44.2 Å². The van der Waals surface area contributed by atoms with E-state index in [-0.39, 0.29) is 11.7 Å². The van der Waals surface area contributed by atoms with Crippen molar-refractivity contribution in [1.82, 2.24) is 8.96 Å². The Kier molecular flexibility index (Phi) is 4.22. The molecule has 7 nitrogen and oxygen atoms in total. The lowest BCUT2D eigenvalue weighted by Crippen LogP contribution is -2.23. The predicted molar refractivity (Wildman–Crippen MR) is 97.5 cm³/mol. The molecule has 0 aliphatic heterocycles. The molecule has 0 unspecified atom stereocenters. The molecule has 1 aromatic heterocycles. The molecule has 0 saturated carbocycles. The zero-order valence-corrected chi connectivity index (χ0v) is 14.6. The van der Waals surface area contributed by atoms with Crippen molar-refractivity contribution < 1.29 is 13.6 Å². The van der Waals surface area contributed by atoms with Crippen LogP contribution in [0.1, 0.15) is 25.0 Å². The van der Waals surface area contributed by atoms with Crippen LogP contribution in [0.3, 0.4) is 0 Å². The van der Waals surface area contributed by atoms with Crippen molar-refractivity contribution in [2.45, 2.75) is 19.1 Å². The van der Waals surface area contributed by atoms with Crippen molar-refractivity contribution >= 4 is 32.7 Å². The minimum absolute atomic E-state index is 0.124. The largest absolute Gasteiger partial charge is 0.410 e. The lowest BCUT2D eigenvalue weighted by Gasteiger charge is -2.11. The molecule has 0 radical (unpaired) electrons. The van der Waals surface area contributed by atoms with Gasteiger partial charge in [-0.1, -0.05) is 47.6 Å². The summed E-state index contributed by atoms with van der Waals surface area (Å²) in [6.07, 6.45) is 0. The monoisotopic (exact) mass is 358 g/mol. The minimum Gasteiger partial charge on any atom is -0.410 e. The second kappa shape index (κ2) is 6.21. The Labute approximate surface area is 145 Å². The molecule has 25 heavy (non-hydrogen) atoms. The molecule has 3 N–H and O–H groups in total. The van der Waals surface area contributed by atoms with Gasteiger partial charge in [-0.05, 0) is 19.9 Å². The number of fused-ring (bicyclic) bond motifs is 1. The van der Waals surface area contributed by atoms with Crippen molar-refractivity contribution in [2.24, 2.45) is 5.16 Å². The van der Waals surface area contributed by atoms with Gasteiger partial charge >= 0.3 is 0 Å². The van der Waals surface area contributed by atoms with Crippen LogP contribution in [0.2, 0.25) is 0 Å². The van der Waals surface area contributed by atoms with Gasteiger partial charge in [-0.15, -0.1) is 0 Å². The summed E-state index contributed by atoms with van der Waals surface area (Å²) in [5, 5.41) is 12.3. The van der Waals surface area contributed by atoms with Gasteiger partial charge in [0.1, 0.15) is 11.2 Å². The van der Waals surface area contributed by atoms with E-state index in [2.05, 4.69) is 10.1 Å². The van der Waals surface area contributed by atoms with Crippen LogP contribution in [0.5, 0.6) is 0 Å². The Morgan fingerprint density at radius 1 is 1.16 bits per heavy atom. The Bertz CT molecular complexity index is 1050. The minimum atomic E-state index is -3.68. The molecule has 0 aliphatic carbocycles. The van der Waals surface area contributed by atoms with Crippen LogP contribution >= 0.6 is 0 Å². The smallest absolute Gasteiger partial charge is 0.244 e. The molecular weight excluding hydrogens is 340 g/mol. The number of nitrogens with zero attached hydrogens (tertiary/aromatic N) is 3. The van der Waals surface area contributed by atoms with E-state index in [4.69, 9.17) is 5.73 Å². The number of rotatable bonds is 4. The summed E-state index contributed by atoms with van der Waals surface area (Å²) in [5.41, 5.74) is 8.07. The first-order valence-corrected chi connectivity index (χ1v) is 9.17. The van der Waals surface area contributed by atoms with Crippen LogP contribution in [-0.4, -0.2) is 33.5 Å². The lowest BCUT2D eigenvalue weighted by molar-refractivity contribution is 0.319. The number of hydrogen-bond donors (Lipinski definition) is 2. The molecule has 0 aliphatic rings. The number of oxime groups is 1. The third kappa shape index (κ3) is 2.74. The summed E-state index contributed by atoms with van der Waals surface area (Å²) >= 11 is 0. The molecular formula is C17H18N4O3S. The summed E-state index contributed by atoms with van der Waals surface area (Å²) < 4.78 is 26.3. The van der Waals surface area contributed by atoms with Gasteiger partial charge in [0, 0.05) is 11.1 Å². The fourth-order valence-corrected chi connectivity index (χ4v) is 3.77. The molecule has 0 saturated heterocycles. The number of benzene rings is 2. The van der Waals surface area contributed by atoms with E-state index in [1.807, 2.05) is 18.2 Å². The molecule has 2 aromatic carbocycles. The van der Waals surface area contributed by atoms with E-state index in [0.717, 1.165) is 3.97 Å². The highest BCUT2D eigenvalue weighted by molar-refractivity contribution is 7.90. The SMILES string of the molecule is CC(C)S(=O)(=O)n1c(N)nc2c(C(=NO)c3ccccc3)cccc21. The average Bonchev–Trinajstić information content (AvgIpc) is 2.93. The second-order valence-electron chi connectivity index (χ2n) is 5.82. The highest BCUT2D eigenvalue weighted by Crippen LogP contribution is 2.26. The summed E-state index contributed by atoms with van der Waals surface area (Å²) in [6.45, 7) is 3.16. The van der Waals surface area contributed by atoms with E-state index >= 15 is 0 Å².